The van der Waals surface area contributed by atoms with Crippen molar-refractivity contribution in [2.45, 2.75) is 26.0 Å². The largest absolute Gasteiger partial charge is 0.392 e. The van der Waals surface area contributed by atoms with E-state index in [2.05, 4.69) is 0 Å². The van der Waals surface area contributed by atoms with Crippen LogP contribution in [0.4, 0.5) is 0 Å². The first-order valence-corrected chi connectivity index (χ1v) is 4.66. The third-order valence-corrected chi connectivity index (χ3v) is 2.46. The van der Waals surface area contributed by atoms with Crippen LogP contribution in [0.3, 0.4) is 0 Å². The molecule has 0 aliphatic carbocycles. The number of amides is 1. The number of rotatable bonds is 2. The highest BCUT2D eigenvalue weighted by atomic mass is 16.3. The lowest BCUT2D eigenvalue weighted by Crippen LogP contribution is -2.54. The molecule has 0 bridgehead atoms. The SMILES string of the molecule is CC(O)CN1CC(=O)N(C)C(C)C1. The number of aliphatic hydroxyl groups is 1. The van der Waals surface area contributed by atoms with Crippen LogP contribution in [0.2, 0.25) is 0 Å². The van der Waals surface area contributed by atoms with Crippen LogP contribution in [-0.4, -0.2) is 59.6 Å². The van der Waals surface area contributed by atoms with Gasteiger partial charge in [-0.2, -0.15) is 0 Å². The third-order valence-electron chi connectivity index (χ3n) is 2.46. The number of aliphatic hydroxyl groups excluding tert-OH is 1. The van der Waals surface area contributed by atoms with Crippen molar-refractivity contribution in [1.82, 2.24) is 9.80 Å². The topological polar surface area (TPSA) is 43.8 Å². The smallest absolute Gasteiger partial charge is 0.236 e. The molecular formula is C9H18N2O2. The van der Waals surface area contributed by atoms with Crippen LogP contribution in [0.5, 0.6) is 0 Å². The average Bonchev–Trinajstić information content (AvgIpc) is 1.98. The van der Waals surface area contributed by atoms with Gasteiger partial charge in [0.1, 0.15) is 0 Å². The highest BCUT2D eigenvalue weighted by Gasteiger charge is 2.26. The predicted octanol–water partition coefficient (Wildman–Crippen LogP) is -0.470. The average molecular weight is 186 g/mol. The number of hydrogen-bond acceptors (Lipinski definition) is 3. The molecule has 0 aromatic rings. The minimum atomic E-state index is -0.358. The summed E-state index contributed by atoms with van der Waals surface area (Å²) >= 11 is 0. The Balaban J connectivity index is 2.48. The number of β-amino-alcohol motifs (C(OH)–C–C–N with tert-alkyl or cyclic N) is 1. The van der Waals surface area contributed by atoms with Crippen molar-refractivity contribution in [3.8, 4) is 0 Å². The van der Waals surface area contributed by atoms with Gasteiger partial charge in [-0.3, -0.25) is 9.69 Å². The van der Waals surface area contributed by atoms with Crippen LogP contribution in [0.1, 0.15) is 13.8 Å². The molecule has 1 fully saturated rings. The van der Waals surface area contributed by atoms with E-state index in [0.717, 1.165) is 6.54 Å². The van der Waals surface area contributed by atoms with Crippen LogP contribution in [0, 0.1) is 0 Å². The molecule has 1 aliphatic rings. The van der Waals surface area contributed by atoms with E-state index in [-0.39, 0.29) is 18.1 Å². The van der Waals surface area contributed by atoms with Crippen molar-refractivity contribution >= 4 is 5.91 Å². The molecule has 1 saturated heterocycles. The second-order valence-corrected chi connectivity index (χ2v) is 3.90. The molecule has 13 heavy (non-hydrogen) atoms. The first-order valence-electron chi connectivity index (χ1n) is 4.66. The summed E-state index contributed by atoms with van der Waals surface area (Å²) < 4.78 is 0. The predicted molar refractivity (Wildman–Crippen MR) is 50.4 cm³/mol. The molecule has 0 aromatic carbocycles. The molecule has 1 aliphatic heterocycles. The van der Waals surface area contributed by atoms with E-state index in [4.69, 9.17) is 0 Å². The fourth-order valence-electron chi connectivity index (χ4n) is 1.62. The minimum absolute atomic E-state index is 0.138. The number of carbonyl (C=O) groups excluding carboxylic acids is 1. The van der Waals surface area contributed by atoms with Gasteiger partial charge in [0.15, 0.2) is 0 Å². The molecule has 2 atom stereocenters. The summed E-state index contributed by atoms with van der Waals surface area (Å²) in [4.78, 5) is 15.2. The molecule has 4 nitrogen and oxygen atoms in total. The van der Waals surface area contributed by atoms with Crippen molar-refractivity contribution in [1.29, 1.82) is 0 Å². The molecule has 1 amide bonds. The lowest BCUT2D eigenvalue weighted by Gasteiger charge is -2.37. The lowest BCUT2D eigenvalue weighted by atomic mass is 10.2. The maximum absolute atomic E-state index is 11.4. The number of likely N-dealkylation sites (N-methyl/N-ethyl adjacent to an activating group) is 1. The normalized spacial score (nSPS) is 27.8. The molecular weight excluding hydrogens is 168 g/mol. The Hall–Kier alpha value is -0.610. The molecule has 1 rings (SSSR count). The number of piperazine rings is 1. The molecule has 1 N–H and O–H groups in total. The molecule has 0 aromatic heterocycles. The number of nitrogens with zero attached hydrogens (tertiary/aromatic N) is 2. The molecule has 0 radical (unpaired) electrons. The quantitative estimate of drug-likeness (QED) is 0.634. The molecule has 76 valence electrons. The summed E-state index contributed by atoms with van der Waals surface area (Å²) in [6.45, 7) is 5.64. The van der Waals surface area contributed by atoms with Gasteiger partial charge in [-0.15, -0.1) is 0 Å². The Kier molecular flexibility index (Phi) is 3.27. The second-order valence-electron chi connectivity index (χ2n) is 3.90. The van der Waals surface area contributed by atoms with Gasteiger partial charge in [0.2, 0.25) is 5.91 Å². The molecule has 4 heteroatoms. The van der Waals surface area contributed by atoms with Gasteiger partial charge >= 0.3 is 0 Å². The summed E-state index contributed by atoms with van der Waals surface area (Å²) in [5.41, 5.74) is 0. The fraction of sp³-hybridized carbons (Fsp3) is 0.889. The van der Waals surface area contributed by atoms with Crippen LogP contribution >= 0.6 is 0 Å². The highest BCUT2D eigenvalue weighted by Crippen LogP contribution is 2.08. The minimum Gasteiger partial charge on any atom is -0.392 e. The Morgan fingerprint density at radius 3 is 2.77 bits per heavy atom. The van der Waals surface area contributed by atoms with Crippen LogP contribution in [-0.2, 0) is 4.79 Å². The van der Waals surface area contributed by atoms with E-state index >= 15 is 0 Å². The van der Waals surface area contributed by atoms with Crippen LogP contribution in [0.25, 0.3) is 0 Å². The Bertz CT molecular complexity index is 194. The van der Waals surface area contributed by atoms with Crippen molar-refractivity contribution < 1.29 is 9.90 Å². The van der Waals surface area contributed by atoms with Gasteiger partial charge in [0, 0.05) is 26.2 Å². The molecule has 0 saturated carbocycles. The zero-order valence-electron chi connectivity index (χ0n) is 8.53. The van der Waals surface area contributed by atoms with E-state index in [0.29, 0.717) is 13.1 Å². The lowest BCUT2D eigenvalue weighted by molar-refractivity contribution is -0.137. The maximum atomic E-state index is 11.4. The Morgan fingerprint density at radius 1 is 1.69 bits per heavy atom. The van der Waals surface area contributed by atoms with Gasteiger partial charge in [-0.1, -0.05) is 0 Å². The van der Waals surface area contributed by atoms with E-state index in [1.807, 2.05) is 18.9 Å². The first-order chi connectivity index (χ1) is 6.00. The van der Waals surface area contributed by atoms with Crippen LogP contribution in [0.15, 0.2) is 0 Å². The zero-order chi connectivity index (χ0) is 10.0. The first kappa shape index (κ1) is 10.5. The van der Waals surface area contributed by atoms with Crippen molar-refractivity contribution in [3.05, 3.63) is 0 Å². The van der Waals surface area contributed by atoms with Crippen molar-refractivity contribution in [2.24, 2.45) is 0 Å². The fourth-order valence-corrected chi connectivity index (χ4v) is 1.62. The van der Waals surface area contributed by atoms with Crippen molar-refractivity contribution in [2.75, 3.05) is 26.7 Å². The third kappa shape index (κ3) is 2.67. The van der Waals surface area contributed by atoms with E-state index < -0.39 is 0 Å². The summed E-state index contributed by atoms with van der Waals surface area (Å²) in [5, 5.41) is 9.18. The molecule has 2 unspecified atom stereocenters. The summed E-state index contributed by atoms with van der Waals surface area (Å²) in [5.74, 6) is 0.138. The van der Waals surface area contributed by atoms with E-state index in [9.17, 15) is 9.90 Å². The van der Waals surface area contributed by atoms with Gasteiger partial charge < -0.3 is 10.0 Å². The molecule has 1 heterocycles. The van der Waals surface area contributed by atoms with Crippen LogP contribution < -0.4 is 0 Å². The monoisotopic (exact) mass is 186 g/mol. The Labute approximate surface area is 79.1 Å². The summed E-state index contributed by atoms with van der Waals surface area (Å²) in [6.07, 6.45) is -0.358. The zero-order valence-corrected chi connectivity index (χ0v) is 8.53. The van der Waals surface area contributed by atoms with E-state index in [1.165, 1.54) is 0 Å². The van der Waals surface area contributed by atoms with Gasteiger partial charge in [0.05, 0.1) is 12.6 Å². The van der Waals surface area contributed by atoms with Gasteiger partial charge in [0.25, 0.3) is 0 Å². The molecule has 0 spiro atoms. The van der Waals surface area contributed by atoms with Gasteiger partial charge in [-0.05, 0) is 13.8 Å². The standard InChI is InChI=1S/C9H18N2O2/c1-7-4-11(5-8(2)12)6-9(13)10(7)3/h7-8,12H,4-6H2,1-3H3. The number of carbonyl (C=O) groups is 1. The second kappa shape index (κ2) is 4.07. The van der Waals surface area contributed by atoms with E-state index in [1.54, 1.807) is 11.8 Å². The summed E-state index contributed by atoms with van der Waals surface area (Å²) in [6, 6.07) is 0.250. The summed E-state index contributed by atoms with van der Waals surface area (Å²) in [7, 11) is 1.83. The Morgan fingerprint density at radius 2 is 2.31 bits per heavy atom. The highest BCUT2D eigenvalue weighted by molar-refractivity contribution is 5.79. The van der Waals surface area contributed by atoms with Gasteiger partial charge in [-0.25, -0.2) is 0 Å². The number of hydrogen-bond donors (Lipinski definition) is 1. The maximum Gasteiger partial charge on any atom is 0.236 e. The van der Waals surface area contributed by atoms with Crippen molar-refractivity contribution in [3.63, 3.8) is 0 Å².